The van der Waals surface area contributed by atoms with Crippen LogP contribution in [0.25, 0.3) is 11.1 Å². The van der Waals surface area contributed by atoms with Gasteiger partial charge in [-0.3, -0.25) is 0 Å². The number of benzene rings is 1. The Labute approximate surface area is 101 Å². The maximum Gasteiger partial charge on any atom is 0.298 e. The van der Waals surface area contributed by atoms with Gasteiger partial charge in [0.05, 0.1) is 0 Å². The topological polar surface area (TPSA) is 58.5 Å². The summed E-state index contributed by atoms with van der Waals surface area (Å²) in [5.74, 6) is 0. The number of likely N-dealkylation sites (N-methyl/N-ethyl adjacent to an activating group) is 2. The molecule has 0 fully saturated rings. The van der Waals surface area contributed by atoms with E-state index in [1.807, 2.05) is 38.2 Å². The third-order valence-electron chi connectivity index (χ3n) is 2.61. The van der Waals surface area contributed by atoms with E-state index in [1.165, 1.54) is 0 Å². The first-order valence-electron chi connectivity index (χ1n) is 5.58. The lowest BCUT2D eigenvalue weighted by Gasteiger charge is -2.17. The molecule has 1 aromatic heterocycles. The second-order valence-electron chi connectivity index (χ2n) is 4.45. The summed E-state index contributed by atoms with van der Waals surface area (Å²) < 4.78 is 5.66. The van der Waals surface area contributed by atoms with Crippen molar-refractivity contribution in [2.45, 2.75) is 0 Å². The average molecular weight is 234 g/mol. The van der Waals surface area contributed by atoms with E-state index >= 15 is 0 Å². The second kappa shape index (κ2) is 4.63. The molecular formula is C12H18N4O. The molecule has 0 bridgehead atoms. The van der Waals surface area contributed by atoms with Gasteiger partial charge in [-0.05, 0) is 26.2 Å². The van der Waals surface area contributed by atoms with Crippen molar-refractivity contribution in [1.82, 2.24) is 9.88 Å². The third kappa shape index (κ3) is 2.68. The summed E-state index contributed by atoms with van der Waals surface area (Å²) in [6.07, 6.45) is 0. The summed E-state index contributed by atoms with van der Waals surface area (Å²) in [4.78, 5) is 8.54. The van der Waals surface area contributed by atoms with Crippen molar-refractivity contribution in [3.63, 3.8) is 0 Å². The highest BCUT2D eigenvalue weighted by Gasteiger charge is 2.10. The van der Waals surface area contributed by atoms with Gasteiger partial charge in [0.1, 0.15) is 5.52 Å². The molecule has 0 amide bonds. The molecule has 1 aromatic carbocycles. The molecular weight excluding hydrogens is 216 g/mol. The quantitative estimate of drug-likeness (QED) is 0.810. The van der Waals surface area contributed by atoms with Crippen LogP contribution in [0.4, 0.5) is 11.7 Å². The number of rotatable bonds is 4. The Balaban J connectivity index is 2.18. The normalized spacial score (nSPS) is 11.3. The van der Waals surface area contributed by atoms with Crippen LogP contribution in [0.5, 0.6) is 0 Å². The van der Waals surface area contributed by atoms with Gasteiger partial charge in [0, 0.05) is 31.9 Å². The molecule has 0 atom stereocenters. The number of fused-ring (bicyclic) bond motifs is 1. The van der Waals surface area contributed by atoms with Crippen LogP contribution < -0.4 is 10.6 Å². The molecule has 5 nitrogen and oxygen atoms in total. The van der Waals surface area contributed by atoms with Gasteiger partial charge in [0.25, 0.3) is 6.01 Å². The minimum absolute atomic E-state index is 0.632. The van der Waals surface area contributed by atoms with E-state index in [0.717, 1.165) is 24.2 Å². The number of nitrogens with two attached hydrogens (primary N) is 1. The predicted molar refractivity (Wildman–Crippen MR) is 70.2 cm³/mol. The van der Waals surface area contributed by atoms with Crippen molar-refractivity contribution in [1.29, 1.82) is 0 Å². The molecule has 0 aliphatic carbocycles. The molecule has 17 heavy (non-hydrogen) atoms. The molecule has 0 radical (unpaired) electrons. The second-order valence-corrected chi connectivity index (χ2v) is 4.45. The number of hydrogen-bond acceptors (Lipinski definition) is 5. The van der Waals surface area contributed by atoms with E-state index in [0.29, 0.717) is 11.7 Å². The Morgan fingerprint density at radius 3 is 2.71 bits per heavy atom. The predicted octanol–water partition coefficient (Wildman–Crippen LogP) is 1.41. The number of hydrogen-bond donors (Lipinski definition) is 1. The standard InChI is InChI=1S/C12H18N4O/c1-15(2)6-7-16(3)12-14-10-5-4-9(13)8-11(10)17-12/h4-5,8H,6-7,13H2,1-3H3. The van der Waals surface area contributed by atoms with Crippen LogP contribution in [-0.2, 0) is 0 Å². The van der Waals surface area contributed by atoms with Gasteiger partial charge < -0.3 is 20.0 Å². The van der Waals surface area contributed by atoms with Gasteiger partial charge in [-0.2, -0.15) is 4.98 Å². The largest absolute Gasteiger partial charge is 0.423 e. The zero-order chi connectivity index (χ0) is 12.4. The Hall–Kier alpha value is -1.75. The Morgan fingerprint density at radius 2 is 2.00 bits per heavy atom. The lowest BCUT2D eigenvalue weighted by molar-refractivity contribution is 0.411. The zero-order valence-electron chi connectivity index (χ0n) is 10.5. The van der Waals surface area contributed by atoms with Gasteiger partial charge in [0.2, 0.25) is 0 Å². The number of aromatic nitrogens is 1. The SMILES string of the molecule is CN(C)CCN(C)c1nc2ccc(N)cc2o1. The number of nitrogens with zero attached hydrogens (tertiary/aromatic N) is 3. The molecule has 0 aliphatic rings. The van der Waals surface area contributed by atoms with Gasteiger partial charge >= 0.3 is 0 Å². The van der Waals surface area contributed by atoms with E-state index in [-0.39, 0.29) is 0 Å². The van der Waals surface area contributed by atoms with Crippen LogP contribution >= 0.6 is 0 Å². The summed E-state index contributed by atoms with van der Waals surface area (Å²) in [7, 11) is 6.05. The molecule has 2 aromatic rings. The van der Waals surface area contributed by atoms with Gasteiger partial charge in [-0.25, -0.2) is 0 Å². The van der Waals surface area contributed by atoms with E-state index in [4.69, 9.17) is 10.2 Å². The molecule has 0 aliphatic heterocycles. The minimum Gasteiger partial charge on any atom is -0.423 e. The van der Waals surface area contributed by atoms with Crippen LogP contribution in [0.2, 0.25) is 0 Å². The fourth-order valence-corrected chi connectivity index (χ4v) is 1.54. The smallest absolute Gasteiger partial charge is 0.298 e. The third-order valence-corrected chi connectivity index (χ3v) is 2.61. The summed E-state index contributed by atoms with van der Waals surface area (Å²) in [5, 5.41) is 0. The monoisotopic (exact) mass is 234 g/mol. The molecule has 0 unspecified atom stereocenters. The van der Waals surface area contributed by atoms with E-state index in [2.05, 4.69) is 9.88 Å². The van der Waals surface area contributed by atoms with Crippen molar-refractivity contribution in [3.05, 3.63) is 18.2 Å². The first kappa shape index (κ1) is 11.7. The van der Waals surface area contributed by atoms with E-state index in [9.17, 15) is 0 Å². The molecule has 0 saturated heterocycles. The number of anilines is 2. The molecule has 92 valence electrons. The molecule has 0 spiro atoms. The Morgan fingerprint density at radius 1 is 1.24 bits per heavy atom. The van der Waals surface area contributed by atoms with Gasteiger partial charge in [0.15, 0.2) is 5.58 Å². The minimum atomic E-state index is 0.632. The highest BCUT2D eigenvalue weighted by molar-refractivity contribution is 5.78. The fourth-order valence-electron chi connectivity index (χ4n) is 1.54. The van der Waals surface area contributed by atoms with Crippen molar-refractivity contribution in [2.24, 2.45) is 0 Å². The zero-order valence-corrected chi connectivity index (χ0v) is 10.5. The highest BCUT2D eigenvalue weighted by Crippen LogP contribution is 2.22. The van der Waals surface area contributed by atoms with Crippen molar-refractivity contribution in [3.8, 4) is 0 Å². The van der Waals surface area contributed by atoms with Crippen LogP contribution in [0.15, 0.2) is 22.6 Å². The summed E-state index contributed by atoms with van der Waals surface area (Å²) >= 11 is 0. The van der Waals surface area contributed by atoms with Crippen molar-refractivity contribution < 1.29 is 4.42 Å². The summed E-state index contributed by atoms with van der Waals surface area (Å²) in [6.45, 7) is 1.83. The maximum atomic E-state index is 5.70. The van der Waals surface area contributed by atoms with Crippen LogP contribution in [0.3, 0.4) is 0 Å². The Bertz CT molecular complexity index is 506. The lowest BCUT2D eigenvalue weighted by Crippen LogP contribution is -2.28. The van der Waals surface area contributed by atoms with Crippen LogP contribution in [-0.4, -0.2) is 44.1 Å². The lowest BCUT2D eigenvalue weighted by atomic mass is 10.3. The first-order chi connectivity index (χ1) is 8.06. The molecule has 1 heterocycles. The summed E-state index contributed by atoms with van der Waals surface area (Å²) in [6, 6.07) is 6.13. The molecule has 5 heteroatoms. The molecule has 2 N–H and O–H groups in total. The van der Waals surface area contributed by atoms with Crippen LogP contribution in [0.1, 0.15) is 0 Å². The highest BCUT2D eigenvalue weighted by atomic mass is 16.4. The number of oxazole rings is 1. The Kier molecular flexibility index (Phi) is 3.19. The van der Waals surface area contributed by atoms with Crippen molar-refractivity contribution in [2.75, 3.05) is 44.9 Å². The van der Waals surface area contributed by atoms with Gasteiger partial charge in [-0.15, -0.1) is 0 Å². The van der Waals surface area contributed by atoms with Crippen molar-refractivity contribution >= 4 is 22.8 Å². The fraction of sp³-hybridized carbons (Fsp3) is 0.417. The van der Waals surface area contributed by atoms with Gasteiger partial charge in [-0.1, -0.05) is 0 Å². The summed E-state index contributed by atoms with van der Waals surface area (Å²) in [5.41, 5.74) is 7.96. The maximum absolute atomic E-state index is 5.70. The van der Waals surface area contributed by atoms with E-state index in [1.54, 1.807) is 6.07 Å². The first-order valence-corrected chi connectivity index (χ1v) is 5.58. The average Bonchev–Trinajstić information content (AvgIpc) is 2.68. The number of nitrogen functional groups attached to an aromatic ring is 1. The van der Waals surface area contributed by atoms with E-state index < -0.39 is 0 Å². The molecule has 2 rings (SSSR count). The molecule has 0 saturated carbocycles. The van der Waals surface area contributed by atoms with Crippen LogP contribution in [0, 0.1) is 0 Å².